The lowest BCUT2D eigenvalue weighted by atomic mass is 10.2. The van der Waals surface area contributed by atoms with E-state index in [0.29, 0.717) is 32.1 Å². The summed E-state index contributed by atoms with van der Waals surface area (Å²) in [5.41, 5.74) is 1.09. The van der Waals surface area contributed by atoms with Crippen molar-refractivity contribution in [2.45, 2.75) is 6.92 Å². The molecule has 0 spiro atoms. The van der Waals surface area contributed by atoms with Crippen LogP contribution in [-0.4, -0.2) is 61.9 Å². The number of imide groups is 1. The molecule has 1 saturated heterocycles. The van der Waals surface area contributed by atoms with Crippen LogP contribution in [0.1, 0.15) is 12.5 Å². The van der Waals surface area contributed by atoms with Crippen molar-refractivity contribution in [3.05, 3.63) is 50.4 Å². The first-order chi connectivity index (χ1) is 17.2. The summed E-state index contributed by atoms with van der Waals surface area (Å²) in [6, 6.07) is 10.0. The standard InChI is InChI=1S/C24H23IN2O8S/c1-4-34-21(29)13-35-22-17(25)9-14(10-18(22)33-3)11-19-23(30)27(24(31)36-19)12-20(28)26-15-5-7-16(32-2)8-6-15/h5-11H,4,12-13H2,1-3H3,(H,26,28)/b19-11+. The highest BCUT2D eigenvalue weighted by Gasteiger charge is 2.36. The summed E-state index contributed by atoms with van der Waals surface area (Å²) in [5, 5.41) is 2.10. The molecule has 1 N–H and O–H groups in total. The molecular formula is C24H23IN2O8S. The van der Waals surface area contributed by atoms with Crippen molar-refractivity contribution in [3.63, 3.8) is 0 Å². The van der Waals surface area contributed by atoms with Gasteiger partial charge in [-0.05, 0) is 89.3 Å². The number of hydrogen-bond donors (Lipinski definition) is 1. The van der Waals surface area contributed by atoms with Gasteiger partial charge in [0.05, 0.1) is 29.3 Å². The molecule has 2 aromatic carbocycles. The number of carbonyl (C=O) groups is 4. The fourth-order valence-electron chi connectivity index (χ4n) is 3.10. The number of hydrogen-bond acceptors (Lipinski definition) is 9. The molecule has 0 bridgehead atoms. The SMILES string of the molecule is CCOC(=O)COc1c(I)cc(/C=C2/SC(=O)N(CC(=O)Nc3ccc(OC)cc3)C2=O)cc1OC. The van der Waals surface area contributed by atoms with E-state index in [-0.39, 0.29) is 18.1 Å². The Morgan fingerprint density at radius 1 is 1.11 bits per heavy atom. The van der Waals surface area contributed by atoms with Crippen molar-refractivity contribution in [2.75, 3.05) is 39.3 Å². The zero-order valence-electron chi connectivity index (χ0n) is 19.7. The summed E-state index contributed by atoms with van der Waals surface area (Å²) in [7, 11) is 2.98. The van der Waals surface area contributed by atoms with Crippen molar-refractivity contribution in [3.8, 4) is 17.2 Å². The van der Waals surface area contributed by atoms with Crippen molar-refractivity contribution in [1.29, 1.82) is 0 Å². The molecule has 0 atom stereocenters. The van der Waals surface area contributed by atoms with Crippen LogP contribution in [0.15, 0.2) is 41.3 Å². The Balaban J connectivity index is 1.70. The predicted octanol–water partition coefficient (Wildman–Crippen LogP) is 3.93. The normalized spacial score (nSPS) is 14.1. The molecule has 2 aromatic rings. The molecular weight excluding hydrogens is 603 g/mol. The zero-order chi connectivity index (χ0) is 26.2. The maximum absolute atomic E-state index is 12.8. The minimum Gasteiger partial charge on any atom is -0.497 e. The Bertz CT molecular complexity index is 1200. The van der Waals surface area contributed by atoms with Gasteiger partial charge in [0, 0.05) is 5.69 Å². The van der Waals surface area contributed by atoms with E-state index in [1.807, 2.05) is 22.6 Å². The summed E-state index contributed by atoms with van der Waals surface area (Å²) in [6.45, 7) is 1.24. The fourth-order valence-corrected chi connectivity index (χ4v) is 4.72. The molecule has 3 rings (SSSR count). The average molecular weight is 626 g/mol. The number of nitrogens with one attached hydrogen (secondary N) is 1. The maximum atomic E-state index is 12.8. The molecule has 190 valence electrons. The lowest BCUT2D eigenvalue weighted by Crippen LogP contribution is -2.36. The van der Waals surface area contributed by atoms with Gasteiger partial charge >= 0.3 is 5.97 Å². The topological polar surface area (TPSA) is 120 Å². The molecule has 0 aromatic heterocycles. The van der Waals surface area contributed by atoms with Gasteiger partial charge in [0.1, 0.15) is 12.3 Å². The van der Waals surface area contributed by atoms with E-state index in [2.05, 4.69) is 5.32 Å². The van der Waals surface area contributed by atoms with Gasteiger partial charge in [-0.25, -0.2) is 4.79 Å². The zero-order valence-corrected chi connectivity index (χ0v) is 22.6. The Hall–Kier alpha value is -3.26. The molecule has 12 heteroatoms. The summed E-state index contributed by atoms with van der Waals surface area (Å²) in [6.07, 6.45) is 1.53. The van der Waals surface area contributed by atoms with Crippen LogP contribution in [0.4, 0.5) is 10.5 Å². The fraction of sp³-hybridized carbons (Fsp3) is 0.250. The molecule has 1 aliphatic heterocycles. The Kier molecular flexibility index (Phi) is 9.58. The number of esters is 1. The molecule has 0 radical (unpaired) electrons. The Labute approximate surface area is 225 Å². The second-order valence-electron chi connectivity index (χ2n) is 7.17. The summed E-state index contributed by atoms with van der Waals surface area (Å²) < 4.78 is 21.5. The first kappa shape index (κ1) is 27.3. The van der Waals surface area contributed by atoms with Gasteiger partial charge in [-0.3, -0.25) is 19.3 Å². The van der Waals surface area contributed by atoms with Crippen molar-refractivity contribution in [1.82, 2.24) is 4.90 Å². The average Bonchev–Trinajstić information content (AvgIpc) is 3.10. The van der Waals surface area contributed by atoms with Crippen LogP contribution < -0.4 is 19.5 Å². The third-order valence-corrected chi connectivity index (χ3v) is 6.45. The molecule has 0 saturated carbocycles. The van der Waals surface area contributed by atoms with Crippen LogP contribution in [0, 0.1) is 3.57 Å². The number of methoxy groups -OCH3 is 2. The summed E-state index contributed by atoms with van der Waals surface area (Å²) in [5.74, 6) is -0.269. The lowest BCUT2D eigenvalue weighted by molar-refractivity contribution is -0.145. The van der Waals surface area contributed by atoms with E-state index in [1.54, 1.807) is 43.3 Å². The monoisotopic (exact) mass is 626 g/mol. The first-order valence-electron chi connectivity index (χ1n) is 10.6. The van der Waals surface area contributed by atoms with Crippen molar-refractivity contribution < 1.29 is 38.1 Å². The van der Waals surface area contributed by atoms with Gasteiger partial charge in [0.15, 0.2) is 18.1 Å². The van der Waals surface area contributed by atoms with Gasteiger partial charge in [-0.2, -0.15) is 0 Å². The van der Waals surface area contributed by atoms with E-state index >= 15 is 0 Å². The van der Waals surface area contributed by atoms with E-state index < -0.39 is 29.6 Å². The number of rotatable bonds is 10. The lowest BCUT2D eigenvalue weighted by Gasteiger charge is -2.13. The quantitative estimate of drug-likeness (QED) is 0.238. The number of anilines is 1. The number of carbonyl (C=O) groups excluding carboxylic acids is 4. The van der Waals surface area contributed by atoms with Crippen LogP contribution in [0.2, 0.25) is 0 Å². The molecule has 1 heterocycles. The van der Waals surface area contributed by atoms with Crippen LogP contribution >= 0.6 is 34.4 Å². The molecule has 10 nitrogen and oxygen atoms in total. The van der Waals surface area contributed by atoms with Crippen molar-refractivity contribution >= 4 is 69.1 Å². The van der Waals surface area contributed by atoms with E-state index in [1.165, 1.54) is 20.3 Å². The minimum absolute atomic E-state index is 0.162. The molecule has 0 aliphatic carbocycles. The smallest absolute Gasteiger partial charge is 0.344 e. The van der Waals surface area contributed by atoms with Gasteiger partial charge < -0.3 is 24.3 Å². The van der Waals surface area contributed by atoms with Gasteiger partial charge in [-0.15, -0.1) is 0 Å². The van der Waals surface area contributed by atoms with Crippen LogP contribution in [0.3, 0.4) is 0 Å². The van der Waals surface area contributed by atoms with Gasteiger partial charge in [0.25, 0.3) is 11.1 Å². The number of thioether (sulfide) groups is 1. The number of ether oxygens (including phenoxy) is 4. The summed E-state index contributed by atoms with van der Waals surface area (Å²) in [4.78, 5) is 50.4. The second-order valence-corrected chi connectivity index (χ2v) is 9.33. The van der Waals surface area contributed by atoms with Crippen LogP contribution in [0.5, 0.6) is 17.2 Å². The third kappa shape index (κ3) is 6.91. The first-order valence-corrected chi connectivity index (χ1v) is 12.5. The highest BCUT2D eigenvalue weighted by atomic mass is 127. The molecule has 1 aliphatic rings. The number of nitrogens with zero attached hydrogens (tertiary/aromatic N) is 1. The largest absolute Gasteiger partial charge is 0.497 e. The molecule has 3 amide bonds. The van der Waals surface area contributed by atoms with Gasteiger partial charge in [-0.1, -0.05) is 0 Å². The van der Waals surface area contributed by atoms with E-state index in [4.69, 9.17) is 18.9 Å². The van der Waals surface area contributed by atoms with Crippen LogP contribution in [-0.2, 0) is 19.1 Å². The molecule has 36 heavy (non-hydrogen) atoms. The molecule has 1 fully saturated rings. The third-order valence-electron chi connectivity index (χ3n) is 4.74. The highest BCUT2D eigenvalue weighted by molar-refractivity contribution is 14.1. The maximum Gasteiger partial charge on any atom is 0.344 e. The second kappa shape index (κ2) is 12.6. The Morgan fingerprint density at radius 3 is 2.47 bits per heavy atom. The highest BCUT2D eigenvalue weighted by Crippen LogP contribution is 2.37. The van der Waals surface area contributed by atoms with E-state index in [9.17, 15) is 19.2 Å². The predicted molar refractivity (Wildman–Crippen MR) is 142 cm³/mol. The number of benzene rings is 2. The van der Waals surface area contributed by atoms with Gasteiger partial charge in [0.2, 0.25) is 5.91 Å². The summed E-state index contributed by atoms with van der Waals surface area (Å²) >= 11 is 2.76. The number of halogens is 1. The van der Waals surface area contributed by atoms with E-state index in [0.717, 1.165) is 16.7 Å². The van der Waals surface area contributed by atoms with Crippen LogP contribution in [0.25, 0.3) is 6.08 Å². The van der Waals surface area contributed by atoms with Crippen molar-refractivity contribution in [2.24, 2.45) is 0 Å². The number of amides is 3. The Morgan fingerprint density at radius 2 is 1.83 bits per heavy atom. The minimum atomic E-state index is -0.577. The molecule has 0 unspecified atom stereocenters.